The lowest BCUT2D eigenvalue weighted by Crippen LogP contribution is -2.78. The van der Waals surface area contributed by atoms with Crippen LogP contribution in [0, 0.1) is 0 Å². The molecule has 32 heavy (non-hydrogen) atoms. The number of aliphatic hydroxyl groups excluding tert-OH is 1. The average molecular weight is 456 g/mol. The Kier molecular flexibility index (Phi) is 5.36. The Morgan fingerprint density at radius 1 is 1.03 bits per heavy atom. The van der Waals surface area contributed by atoms with Crippen LogP contribution >= 0.6 is 0 Å². The molecule has 0 saturated carbocycles. The number of likely N-dealkylation sites (tertiary alicyclic amines) is 1. The van der Waals surface area contributed by atoms with Crippen molar-refractivity contribution in [1.82, 2.24) is 14.7 Å². The van der Waals surface area contributed by atoms with E-state index < -0.39 is 9.84 Å². The SMILES string of the molecule is CS(=O)(=O)c1ccc(CN2CC3(C2)CN(C(=O)c2ccccc2)CC2CC(O)CN23)cc1. The molecule has 3 aliphatic rings. The molecule has 2 unspecified atom stereocenters. The van der Waals surface area contributed by atoms with E-state index in [0.717, 1.165) is 25.2 Å². The van der Waals surface area contributed by atoms with E-state index in [4.69, 9.17) is 0 Å². The summed E-state index contributed by atoms with van der Waals surface area (Å²) in [7, 11) is -3.20. The van der Waals surface area contributed by atoms with Gasteiger partial charge < -0.3 is 10.0 Å². The lowest BCUT2D eigenvalue weighted by molar-refractivity contribution is -0.108. The van der Waals surface area contributed by atoms with Crippen LogP contribution in [0.3, 0.4) is 0 Å². The van der Waals surface area contributed by atoms with E-state index in [1.165, 1.54) is 6.26 Å². The third-order valence-electron chi connectivity index (χ3n) is 7.02. The van der Waals surface area contributed by atoms with Gasteiger partial charge in [-0.25, -0.2) is 8.42 Å². The maximum atomic E-state index is 13.2. The Balaban J connectivity index is 1.30. The molecule has 170 valence electrons. The van der Waals surface area contributed by atoms with Crippen LogP contribution in [-0.2, 0) is 16.4 Å². The first-order valence-electron chi connectivity index (χ1n) is 11.0. The molecule has 0 radical (unpaired) electrons. The summed E-state index contributed by atoms with van der Waals surface area (Å²) in [5.74, 6) is 0.0563. The molecule has 7 nitrogen and oxygen atoms in total. The number of rotatable bonds is 4. The normalized spacial score (nSPS) is 25.5. The van der Waals surface area contributed by atoms with Crippen LogP contribution in [0.25, 0.3) is 0 Å². The molecule has 3 heterocycles. The largest absolute Gasteiger partial charge is 0.392 e. The van der Waals surface area contributed by atoms with Crippen molar-refractivity contribution in [2.75, 3.05) is 39.0 Å². The van der Waals surface area contributed by atoms with Crippen LogP contribution in [0.1, 0.15) is 22.3 Å². The first kappa shape index (κ1) is 21.6. The minimum absolute atomic E-state index is 0.0563. The first-order chi connectivity index (χ1) is 15.2. The molecule has 1 spiro atoms. The van der Waals surface area contributed by atoms with Crippen molar-refractivity contribution in [3.05, 3.63) is 65.7 Å². The lowest BCUT2D eigenvalue weighted by Gasteiger charge is -2.61. The van der Waals surface area contributed by atoms with Crippen LogP contribution in [0.5, 0.6) is 0 Å². The van der Waals surface area contributed by atoms with E-state index in [-0.39, 0.29) is 23.6 Å². The topological polar surface area (TPSA) is 81.2 Å². The van der Waals surface area contributed by atoms with Crippen molar-refractivity contribution in [1.29, 1.82) is 0 Å². The molecule has 2 aromatic rings. The predicted molar refractivity (Wildman–Crippen MR) is 121 cm³/mol. The van der Waals surface area contributed by atoms with Crippen molar-refractivity contribution in [3.8, 4) is 0 Å². The molecular weight excluding hydrogens is 426 g/mol. The number of carbonyl (C=O) groups is 1. The highest BCUT2D eigenvalue weighted by molar-refractivity contribution is 7.90. The van der Waals surface area contributed by atoms with Crippen LogP contribution < -0.4 is 0 Å². The summed E-state index contributed by atoms with van der Waals surface area (Å²) in [6, 6.07) is 16.7. The zero-order valence-corrected chi connectivity index (χ0v) is 19.0. The standard InChI is InChI=1S/C24H29N3O4S/c1-32(30,31)22-9-7-18(8-10-22)12-25-15-24(16-25)17-26(13-20-11-21(28)14-27(20)24)23(29)19-5-3-2-4-6-19/h2-10,20-21,28H,11-17H2,1H3. The summed E-state index contributed by atoms with van der Waals surface area (Å²) in [6.07, 6.45) is 1.57. The van der Waals surface area contributed by atoms with E-state index in [1.54, 1.807) is 12.1 Å². The number of piperazine rings is 1. The van der Waals surface area contributed by atoms with Crippen molar-refractivity contribution >= 4 is 15.7 Å². The van der Waals surface area contributed by atoms with Gasteiger partial charge in [-0.3, -0.25) is 14.6 Å². The Morgan fingerprint density at radius 3 is 2.38 bits per heavy atom. The molecule has 5 rings (SSSR count). The Labute approximate surface area is 189 Å². The number of hydrogen-bond acceptors (Lipinski definition) is 6. The Hall–Kier alpha value is -2.26. The second-order valence-electron chi connectivity index (χ2n) is 9.53. The number of nitrogens with zero attached hydrogens (tertiary/aromatic N) is 3. The van der Waals surface area contributed by atoms with Gasteiger partial charge in [0.15, 0.2) is 9.84 Å². The molecule has 0 aliphatic carbocycles. The zero-order valence-electron chi connectivity index (χ0n) is 18.2. The fourth-order valence-electron chi connectivity index (χ4n) is 5.61. The van der Waals surface area contributed by atoms with Crippen LogP contribution in [0.4, 0.5) is 0 Å². The highest BCUT2D eigenvalue weighted by Crippen LogP contribution is 2.39. The number of fused-ring (bicyclic) bond motifs is 2. The third-order valence-corrected chi connectivity index (χ3v) is 8.15. The number of aliphatic hydroxyl groups is 1. The molecule has 3 aliphatic heterocycles. The first-order valence-corrected chi connectivity index (χ1v) is 12.9. The van der Waals surface area contributed by atoms with Gasteiger partial charge in [-0.1, -0.05) is 30.3 Å². The van der Waals surface area contributed by atoms with Gasteiger partial charge in [-0.05, 0) is 36.2 Å². The van der Waals surface area contributed by atoms with Crippen molar-refractivity contribution in [2.24, 2.45) is 0 Å². The summed E-state index contributed by atoms with van der Waals surface area (Å²) >= 11 is 0. The molecule has 3 saturated heterocycles. The van der Waals surface area contributed by atoms with Gasteiger partial charge in [-0.15, -0.1) is 0 Å². The summed E-state index contributed by atoms with van der Waals surface area (Å²) < 4.78 is 23.4. The van der Waals surface area contributed by atoms with Gasteiger partial charge >= 0.3 is 0 Å². The van der Waals surface area contributed by atoms with Gasteiger partial charge in [0.05, 0.1) is 16.5 Å². The van der Waals surface area contributed by atoms with E-state index in [0.29, 0.717) is 36.5 Å². The van der Waals surface area contributed by atoms with Gasteiger partial charge in [-0.2, -0.15) is 0 Å². The molecule has 8 heteroatoms. The molecule has 1 amide bonds. The van der Waals surface area contributed by atoms with Gasteiger partial charge in [0, 0.05) is 57.1 Å². The van der Waals surface area contributed by atoms with E-state index in [9.17, 15) is 18.3 Å². The number of β-amino-alcohol motifs (C(OH)–C–C–N with tert-alkyl or cyclic N) is 1. The molecule has 2 aromatic carbocycles. The summed E-state index contributed by atoms with van der Waals surface area (Å²) in [6.45, 7) is 4.35. The lowest BCUT2D eigenvalue weighted by atomic mass is 9.83. The van der Waals surface area contributed by atoms with Crippen molar-refractivity contribution in [2.45, 2.75) is 35.5 Å². The van der Waals surface area contributed by atoms with E-state index >= 15 is 0 Å². The smallest absolute Gasteiger partial charge is 0.253 e. The minimum atomic E-state index is -3.20. The summed E-state index contributed by atoms with van der Waals surface area (Å²) in [5, 5.41) is 10.3. The van der Waals surface area contributed by atoms with Gasteiger partial charge in [0.25, 0.3) is 5.91 Å². The summed E-state index contributed by atoms with van der Waals surface area (Å²) in [4.78, 5) is 20.2. The maximum absolute atomic E-state index is 13.2. The van der Waals surface area contributed by atoms with Gasteiger partial charge in [0.2, 0.25) is 0 Å². The van der Waals surface area contributed by atoms with Crippen molar-refractivity contribution in [3.63, 3.8) is 0 Å². The highest BCUT2D eigenvalue weighted by Gasteiger charge is 2.56. The van der Waals surface area contributed by atoms with Crippen LogP contribution in [0.15, 0.2) is 59.5 Å². The Bertz CT molecular complexity index is 1100. The number of benzene rings is 2. The zero-order chi connectivity index (χ0) is 22.5. The molecule has 0 aromatic heterocycles. The molecule has 0 bridgehead atoms. The third kappa shape index (κ3) is 3.96. The molecule has 1 N–H and O–H groups in total. The van der Waals surface area contributed by atoms with Crippen molar-refractivity contribution < 1.29 is 18.3 Å². The van der Waals surface area contributed by atoms with Gasteiger partial charge in [0.1, 0.15) is 0 Å². The number of hydrogen-bond donors (Lipinski definition) is 1. The number of sulfone groups is 1. The van der Waals surface area contributed by atoms with E-state index in [1.807, 2.05) is 47.4 Å². The second-order valence-corrected chi connectivity index (χ2v) is 11.5. The molecule has 2 atom stereocenters. The fraction of sp³-hybridized carbons (Fsp3) is 0.458. The number of carbonyl (C=O) groups excluding carboxylic acids is 1. The Morgan fingerprint density at radius 2 is 1.72 bits per heavy atom. The molecule has 3 fully saturated rings. The van der Waals surface area contributed by atoms with Crippen LogP contribution in [-0.4, -0.2) is 90.8 Å². The monoisotopic (exact) mass is 455 g/mol. The summed E-state index contributed by atoms with van der Waals surface area (Å²) in [5.41, 5.74) is 1.63. The van der Waals surface area contributed by atoms with E-state index in [2.05, 4.69) is 9.80 Å². The predicted octanol–water partition coefficient (Wildman–Crippen LogP) is 1.24. The molecular formula is C24H29N3O4S. The second kappa shape index (κ2) is 7.95. The maximum Gasteiger partial charge on any atom is 0.253 e. The minimum Gasteiger partial charge on any atom is -0.392 e. The quantitative estimate of drug-likeness (QED) is 0.747. The fourth-order valence-corrected chi connectivity index (χ4v) is 6.24. The highest BCUT2D eigenvalue weighted by atomic mass is 32.2. The number of amides is 1. The average Bonchev–Trinajstić information content (AvgIpc) is 3.13. The van der Waals surface area contributed by atoms with Crippen LogP contribution in [0.2, 0.25) is 0 Å².